The van der Waals surface area contributed by atoms with E-state index < -0.39 is 0 Å². The zero-order valence-electron chi connectivity index (χ0n) is 7.84. The summed E-state index contributed by atoms with van der Waals surface area (Å²) in [6.45, 7) is 4.25. The van der Waals surface area contributed by atoms with E-state index in [2.05, 4.69) is 53.8 Å². The van der Waals surface area contributed by atoms with Crippen LogP contribution in [0.1, 0.15) is 13.8 Å². The number of thiol groups is 1. The average molecular weight is 260 g/mol. The minimum Gasteiger partial charge on any atom is -0.378 e. The fourth-order valence-corrected chi connectivity index (χ4v) is 1.43. The second-order valence-electron chi connectivity index (χ2n) is 3.65. The summed E-state index contributed by atoms with van der Waals surface area (Å²) in [4.78, 5) is 0. The van der Waals surface area contributed by atoms with Crippen molar-refractivity contribution in [3.63, 3.8) is 0 Å². The molecule has 0 bridgehead atoms. The van der Waals surface area contributed by atoms with Crippen LogP contribution in [0, 0.1) is 0 Å². The van der Waals surface area contributed by atoms with Gasteiger partial charge in [-0.05, 0) is 41.9 Å². The van der Waals surface area contributed by atoms with Crippen LogP contribution in [0.15, 0.2) is 28.7 Å². The summed E-state index contributed by atoms with van der Waals surface area (Å²) in [6, 6.07) is 8.09. The summed E-state index contributed by atoms with van der Waals surface area (Å²) < 4.78 is 1.09. The average Bonchev–Trinajstić information content (AvgIpc) is 2.09. The van der Waals surface area contributed by atoms with Crippen molar-refractivity contribution in [1.29, 1.82) is 0 Å². The predicted molar refractivity (Wildman–Crippen MR) is 65.7 cm³/mol. The van der Waals surface area contributed by atoms with Gasteiger partial charge in [0.05, 0.1) is 0 Å². The van der Waals surface area contributed by atoms with Gasteiger partial charge in [-0.2, -0.15) is 12.6 Å². The van der Waals surface area contributed by atoms with E-state index in [1.807, 2.05) is 18.2 Å². The van der Waals surface area contributed by atoms with Crippen LogP contribution in [-0.4, -0.2) is 11.3 Å². The lowest BCUT2D eigenvalue weighted by atomic mass is 10.1. The first-order valence-corrected chi connectivity index (χ1v) is 5.61. The number of rotatable bonds is 3. The third kappa shape index (κ3) is 3.24. The zero-order chi connectivity index (χ0) is 9.90. The fourth-order valence-electron chi connectivity index (χ4n) is 0.967. The van der Waals surface area contributed by atoms with Gasteiger partial charge in [-0.1, -0.05) is 12.1 Å². The van der Waals surface area contributed by atoms with Crippen molar-refractivity contribution < 1.29 is 0 Å². The van der Waals surface area contributed by atoms with E-state index in [-0.39, 0.29) is 5.54 Å². The number of para-hydroxylation sites is 1. The molecule has 0 unspecified atom stereocenters. The highest BCUT2D eigenvalue weighted by atomic mass is 79.9. The maximum Gasteiger partial charge on any atom is 0.0488 e. The Kier molecular flexibility index (Phi) is 3.68. The summed E-state index contributed by atoms with van der Waals surface area (Å²) in [7, 11) is 0. The van der Waals surface area contributed by atoms with Crippen LogP contribution in [0.4, 0.5) is 5.69 Å². The third-order valence-corrected chi connectivity index (χ3v) is 3.22. The molecule has 1 aromatic carbocycles. The summed E-state index contributed by atoms with van der Waals surface area (Å²) in [6.07, 6.45) is 0. The Morgan fingerprint density at radius 2 is 2.00 bits per heavy atom. The molecule has 0 aromatic heterocycles. The van der Waals surface area contributed by atoms with Crippen molar-refractivity contribution in [3.05, 3.63) is 28.7 Å². The Labute approximate surface area is 93.5 Å². The van der Waals surface area contributed by atoms with Gasteiger partial charge in [0.1, 0.15) is 0 Å². The first-order valence-electron chi connectivity index (χ1n) is 4.19. The van der Waals surface area contributed by atoms with Crippen LogP contribution in [0.3, 0.4) is 0 Å². The molecule has 1 rings (SSSR count). The Hall–Kier alpha value is -0.150. The van der Waals surface area contributed by atoms with Gasteiger partial charge >= 0.3 is 0 Å². The molecule has 0 aliphatic carbocycles. The fraction of sp³-hybridized carbons (Fsp3) is 0.400. The quantitative estimate of drug-likeness (QED) is 0.792. The molecular weight excluding hydrogens is 246 g/mol. The molecule has 0 atom stereocenters. The van der Waals surface area contributed by atoms with Gasteiger partial charge in [0.2, 0.25) is 0 Å². The van der Waals surface area contributed by atoms with Crippen LogP contribution in [0.25, 0.3) is 0 Å². The number of benzene rings is 1. The maximum atomic E-state index is 4.29. The van der Waals surface area contributed by atoms with E-state index in [0.717, 1.165) is 15.9 Å². The Morgan fingerprint density at radius 1 is 1.38 bits per heavy atom. The molecular formula is C10H14BrNS. The molecule has 0 fully saturated rings. The van der Waals surface area contributed by atoms with Crippen molar-refractivity contribution >= 4 is 34.2 Å². The van der Waals surface area contributed by atoms with Gasteiger partial charge in [-0.25, -0.2) is 0 Å². The van der Waals surface area contributed by atoms with Gasteiger partial charge in [-0.15, -0.1) is 0 Å². The van der Waals surface area contributed by atoms with E-state index in [4.69, 9.17) is 0 Å². The van der Waals surface area contributed by atoms with Crippen LogP contribution < -0.4 is 5.32 Å². The maximum absolute atomic E-state index is 4.29. The molecule has 1 nitrogen and oxygen atoms in total. The second-order valence-corrected chi connectivity index (χ2v) is 4.82. The molecule has 0 heterocycles. The molecule has 1 N–H and O–H groups in total. The van der Waals surface area contributed by atoms with Gasteiger partial charge in [0.25, 0.3) is 0 Å². The summed E-state index contributed by atoms with van der Waals surface area (Å²) >= 11 is 7.78. The standard InChI is InChI=1S/C10H14BrNS/c1-10(2,7-13)12-9-6-4-3-5-8(9)11/h3-6,12-13H,7H2,1-2H3. The molecule has 0 radical (unpaired) electrons. The van der Waals surface area contributed by atoms with Crippen molar-refractivity contribution in [2.24, 2.45) is 0 Å². The molecule has 0 amide bonds. The Balaban J connectivity index is 2.80. The summed E-state index contributed by atoms with van der Waals surface area (Å²) in [5.74, 6) is 0.800. The first-order chi connectivity index (χ1) is 6.05. The Morgan fingerprint density at radius 3 is 2.54 bits per heavy atom. The highest BCUT2D eigenvalue weighted by molar-refractivity contribution is 9.10. The summed E-state index contributed by atoms with van der Waals surface area (Å²) in [5, 5.41) is 3.41. The van der Waals surface area contributed by atoms with Crippen molar-refractivity contribution in [2.45, 2.75) is 19.4 Å². The molecule has 0 saturated heterocycles. The van der Waals surface area contributed by atoms with E-state index in [0.29, 0.717) is 0 Å². The SMILES string of the molecule is CC(C)(CS)Nc1ccccc1Br. The lowest BCUT2D eigenvalue weighted by molar-refractivity contribution is 0.647. The third-order valence-electron chi connectivity index (χ3n) is 1.74. The second kappa shape index (κ2) is 4.38. The Bertz CT molecular complexity index is 286. The number of anilines is 1. The molecule has 0 aliphatic heterocycles. The van der Waals surface area contributed by atoms with Crippen LogP contribution in [0.2, 0.25) is 0 Å². The molecule has 13 heavy (non-hydrogen) atoms. The molecule has 0 aliphatic rings. The lowest BCUT2D eigenvalue weighted by Crippen LogP contribution is -2.32. The summed E-state index contributed by atoms with van der Waals surface area (Å²) in [5.41, 5.74) is 1.13. The normalized spacial score (nSPS) is 11.4. The van der Waals surface area contributed by atoms with Gasteiger partial charge < -0.3 is 5.32 Å². The van der Waals surface area contributed by atoms with E-state index in [1.165, 1.54) is 0 Å². The molecule has 0 saturated carbocycles. The highest BCUT2D eigenvalue weighted by Gasteiger charge is 2.15. The van der Waals surface area contributed by atoms with Crippen LogP contribution in [-0.2, 0) is 0 Å². The lowest BCUT2D eigenvalue weighted by Gasteiger charge is -2.26. The molecule has 3 heteroatoms. The van der Waals surface area contributed by atoms with Crippen LogP contribution >= 0.6 is 28.6 Å². The largest absolute Gasteiger partial charge is 0.378 e. The molecule has 1 aromatic rings. The number of nitrogens with one attached hydrogen (secondary N) is 1. The molecule has 72 valence electrons. The zero-order valence-corrected chi connectivity index (χ0v) is 10.3. The minimum atomic E-state index is 0.0208. The van der Waals surface area contributed by atoms with E-state index in [1.54, 1.807) is 0 Å². The first kappa shape index (κ1) is 10.9. The van der Waals surface area contributed by atoms with Crippen LogP contribution in [0.5, 0.6) is 0 Å². The predicted octanol–water partition coefficient (Wildman–Crippen LogP) is 3.57. The van der Waals surface area contributed by atoms with Crippen molar-refractivity contribution in [2.75, 3.05) is 11.1 Å². The highest BCUT2D eigenvalue weighted by Crippen LogP contribution is 2.24. The van der Waals surface area contributed by atoms with Crippen molar-refractivity contribution in [3.8, 4) is 0 Å². The number of hydrogen-bond donors (Lipinski definition) is 2. The van der Waals surface area contributed by atoms with Gasteiger partial charge in [0.15, 0.2) is 0 Å². The number of hydrogen-bond acceptors (Lipinski definition) is 2. The van der Waals surface area contributed by atoms with Gasteiger partial charge in [-0.3, -0.25) is 0 Å². The monoisotopic (exact) mass is 259 g/mol. The van der Waals surface area contributed by atoms with E-state index >= 15 is 0 Å². The van der Waals surface area contributed by atoms with Crippen molar-refractivity contribution in [1.82, 2.24) is 0 Å². The minimum absolute atomic E-state index is 0.0208. The topological polar surface area (TPSA) is 12.0 Å². The van der Waals surface area contributed by atoms with Gasteiger partial charge in [0, 0.05) is 21.5 Å². The smallest absolute Gasteiger partial charge is 0.0488 e. The molecule has 0 spiro atoms. The van der Waals surface area contributed by atoms with E-state index in [9.17, 15) is 0 Å². The number of halogens is 1.